The van der Waals surface area contributed by atoms with Crippen LogP contribution in [0.1, 0.15) is 16.7 Å². The van der Waals surface area contributed by atoms with Gasteiger partial charge in [0, 0.05) is 13.7 Å². The highest BCUT2D eigenvalue weighted by atomic mass is 16.5. The topological polar surface area (TPSA) is 30.5 Å². The zero-order chi connectivity index (χ0) is 14.2. The van der Waals surface area contributed by atoms with E-state index in [9.17, 15) is 0 Å². The molecule has 0 spiro atoms. The predicted octanol–water partition coefficient (Wildman–Crippen LogP) is 3.13. The Morgan fingerprint density at radius 2 is 1.60 bits per heavy atom. The molecular formula is C17H21NO2. The fraction of sp³-hybridized carbons (Fsp3) is 0.294. The summed E-state index contributed by atoms with van der Waals surface area (Å²) in [6, 6.07) is 16.4. The van der Waals surface area contributed by atoms with Crippen molar-refractivity contribution in [2.24, 2.45) is 0 Å². The van der Waals surface area contributed by atoms with E-state index in [4.69, 9.17) is 9.47 Å². The molecule has 0 aliphatic heterocycles. The molecule has 20 heavy (non-hydrogen) atoms. The first kappa shape index (κ1) is 14.6. The Kier molecular flexibility index (Phi) is 5.59. The van der Waals surface area contributed by atoms with Crippen molar-refractivity contribution in [2.75, 3.05) is 14.2 Å². The van der Waals surface area contributed by atoms with Gasteiger partial charge in [-0.3, -0.25) is 0 Å². The largest absolute Gasteiger partial charge is 0.489 e. The van der Waals surface area contributed by atoms with Crippen LogP contribution >= 0.6 is 0 Å². The summed E-state index contributed by atoms with van der Waals surface area (Å²) < 4.78 is 11.0. The van der Waals surface area contributed by atoms with E-state index in [0.29, 0.717) is 13.2 Å². The van der Waals surface area contributed by atoms with Gasteiger partial charge >= 0.3 is 0 Å². The molecule has 2 aromatic rings. The molecule has 1 N–H and O–H groups in total. The average Bonchev–Trinajstić information content (AvgIpc) is 2.47. The lowest BCUT2D eigenvalue weighted by atomic mass is 10.1. The smallest absolute Gasteiger partial charge is 0.120 e. The first-order chi connectivity index (χ1) is 9.81. The number of rotatable bonds is 7. The Bertz CT molecular complexity index is 491. The van der Waals surface area contributed by atoms with Gasteiger partial charge in [-0.25, -0.2) is 0 Å². The molecule has 0 aliphatic rings. The lowest BCUT2D eigenvalue weighted by molar-refractivity contribution is 0.184. The second-order valence-electron chi connectivity index (χ2n) is 4.72. The fourth-order valence-corrected chi connectivity index (χ4v) is 2.09. The van der Waals surface area contributed by atoms with E-state index in [0.717, 1.165) is 17.9 Å². The van der Waals surface area contributed by atoms with Gasteiger partial charge in [0.05, 0.1) is 6.61 Å². The van der Waals surface area contributed by atoms with Crippen LogP contribution in [-0.2, 0) is 24.5 Å². The van der Waals surface area contributed by atoms with Gasteiger partial charge in [0.25, 0.3) is 0 Å². The third kappa shape index (κ3) is 4.37. The fourth-order valence-electron chi connectivity index (χ4n) is 2.09. The molecule has 3 heteroatoms. The van der Waals surface area contributed by atoms with E-state index in [2.05, 4.69) is 29.6 Å². The summed E-state index contributed by atoms with van der Waals surface area (Å²) >= 11 is 0. The molecule has 0 fully saturated rings. The van der Waals surface area contributed by atoms with Crippen LogP contribution in [0.5, 0.6) is 5.75 Å². The number of ether oxygens (including phenoxy) is 2. The van der Waals surface area contributed by atoms with E-state index in [1.54, 1.807) is 7.11 Å². The van der Waals surface area contributed by atoms with Crippen molar-refractivity contribution in [2.45, 2.75) is 19.8 Å². The number of hydrogen-bond acceptors (Lipinski definition) is 3. The van der Waals surface area contributed by atoms with Crippen molar-refractivity contribution in [1.82, 2.24) is 5.32 Å². The molecule has 0 saturated carbocycles. The van der Waals surface area contributed by atoms with Gasteiger partial charge in [-0.2, -0.15) is 0 Å². The molecule has 0 heterocycles. The van der Waals surface area contributed by atoms with Crippen LogP contribution in [0.4, 0.5) is 0 Å². The van der Waals surface area contributed by atoms with Gasteiger partial charge in [-0.15, -0.1) is 0 Å². The first-order valence-electron chi connectivity index (χ1n) is 6.75. The van der Waals surface area contributed by atoms with Crippen LogP contribution in [0.2, 0.25) is 0 Å². The van der Waals surface area contributed by atoms with Crippen molar-refractivity contribution in [3.05, 3.63) is 65.2 Å². The van der Waals surface area contributed by atoms with E-state index in [1.807, 2.05) is 31.3 Å². The van der Waals surface area contributed by atoms with Crippen LogP contribution in [0.15, 0.2) is 48.5 Å². The quantitative estimate of drug-likeness (QED) is 0.839. The van der Waals surface area contributed by atoms with Gasteiger partial charge in [0.1, 0.15) is 12.4 Å². The highest BCUT2D eigenvalue weighted by Crippen LogP contribution is 2.16. The van der Waals surface area contributed by atoms with Crippen molar-refractivity contribution in [1.29, 1.82) is 0 Å². The molecule has 0 aromatic heterocycles. The summed E-state index contributed by atoms with van der Waals surface area (Å²) in [5.41, 5.74) is 3.56. The minimum absolute atomic E-state index is 0.577. The summed E-state index contributed by atoms with van der Waals surface area (Å²) in [6.07, 6.45) is 0. The lowest BCUT2D eigenvalue weighted by Crippen LogP contribution is -2.05. The number of hydrogen-bond donors (Lipinski definition) is 1. The van der Waals surface area contributed by atoms with E-state index in [-0.39, 0.29) is 0 Å². The van der Waals surface area contributed by atoms with E-state index < -0.39 is 0 Å². The van der Waals surface area contributed by atoms with Gasteiger partial charge in [-0.1, -0.05) is 36.4 Å². The van der Waals surface area contributed by atoms with Gasteiger partial charge in [0.2, 0.25) is 0 Å². The van der Waals surface area contributed by atoms with Crippen LogP contribution in [0.3, 0.4) is 0 Å². The summed E-state index contributed by atoms with van der Waals surface area (Å²) in [4.78, 5) is 0. The summed E-state index contributed by atoms with van der Waals surface area (Å²) in [6.45, 7) is 2.06. The van der Waals surface area contributed by atoms with Crippen LogP contribution in [-0.4, -0.2) is 14.2 Å². The second kappa shape index (κ2) is 7.68. The highest BCUT2D eigenvalue weighted by Gasteiger charge is 1.99. The molecular weight excluding hydrogens is 250 g/mol. The van der Waals surface area contributed by atoms with Crippen molar-refractivity contribution >= 4 is 0 Å². The molecule has 0 saturated heterocycles. The zero-order valence-corrected chi connectivity index (χ0v) is 12.1. The van der Waals surface area contributed by atoms with Crippen molar-refractivity contribution in [3.63, 3.8) is 0 Å². The van der Waals surface area contributed by atoms with Crippen LogP contribution in [0, 0.1) is 0 Å². The van der Waals surface area contributed by atoms with E-state index >= 15 is 0 Å². The van der Waals surface area contributed by atoms with Gasteiger partial charge in [-0.05, 0) is 35.9 Å². The molecule has 0 unspecified atom stereocenters. The summed E-state index contributed by atoms with van der Waals surface area (Å²) in [5.74, 6) is 0.874. The number of benzene rings is 2. The van der Waals surface area contributed by atoms with Gasteiger partial charge < -0.3 is 14.8 Å². The Morgan fingerprint density at radius 3 is 2.35 bits per heavy atom. The molecule has 2 rings (SSSR count). The number of methoxy groups -OCH3 is 1. The maximum atomic E-state index is 5.84. The third-order valence-corrected chi connectivity index (χ3v) is 2.99. The first-order valence-corrected chi connectivity index (χ1v) is 6.75. The molecule has 0 radical (unpaired) electrons. The SMILES string of the molecule is CNCc1cccc(COc2cccc(COC)c2)c1. The molecule has 3 nitrogen and oxygen atoms in total. The predicted molar refractivity (Wildman–Crippen MR) is 80.7 cm³/mol. The molecule has 2 aromatic carbocycles. The molecule has 0 amide bonds. The second-order valence-corrected chi connectivity index (χ2v) is 4.72. The Morgan fingerprint density at radius 1 is 0.900 bits per heavy atom. The molecule has 0 atom stereocenters. The maximum absolute atomic E-state index is 5.84. The molecule has 0 aliphatic carbocycles. The highest BCUT2D eigenvalue weighted by molar-refractivity contribution is 5.29. The Labute approximate surface area is 120 Å². The van der Waals surface area contributed by atoms with Crippen LogP contribution in [0.25, 0.3) is 0 Å². The average molecular weight is 271 g/mol. The van der Waals surface area contributed by atoms with Gasteiger partial charge in [0.15, 0.2) is 0 Å². The van der Waals surface area contributed by atoms with Crippen molar-refractivity contribution in [3.8, 4) is 5.75 Å². The third-order valence-electron chi connectivity index (χ3n) is 2.99. The lowest BCUT2D eigenvalue weighted by Gasteiger charge is -2.09. The zero-order valence-electron chi connectivity index (χ0n) is 12.1. The normalized spacial score (nSPS) is 10.5. The Hall–Kier alpha value is -1.84. The maximum Gasteiger partial charge on any atom is 0.120 e. The van der Waals surface area contributed by atoms with Crippen LogP contribution < -0.4 is 10.1 Å². The van der Waals surface area contributed by atoms with E-state index in [1.165, 1.54) is 11.1 Å². The summed E-state index contributed by atoms with van der Waals surface area (Å²) in [7, 11) is 3.64. The van der Waals surface area contributed by atoms with Crippen molar-refractivity contribution < 1.29 is 9.47 Å². The monoisotopic (exact) mass is 271 g/mol. The molecule has 106 valence electrons. The molecule has 0 bridgehead atoms. The minimum Gasteiger partial charge on any atom is -0.489 e. The number of nitrogens with one attached hydrogen (secondary N) is 1. The standard InChI is InChI=1S/C17H21NO2/c1-18-11-14-5-3-6-15(9-14)13-20-17-8-4-7-16(10-17)12-19-2/h3-10,18H,11-13H2,1-2H3. The summed E-state index contributed by atoms with van der Waals surface area (Å²) in [5, 5.41) is 3.15. The Balaban J connectivity index is 1.97. The minimum atomic E-state index is 0.577.